The Hall–Kier alpha value is -2.35. The van der Waals surface area contributed by atoms with Crippen LogP contribution < -0.4 is 10.1 Å². The summed E-state index contributed by atoms with van der Waals surface area (Å²) in [4.78, 5) is 0. The molecule has 2 rings (SSSR count). The summed E-state index contributed by atoms with van der Waals surface area (Å²) in [7, 11) is 0. The van der Waals surface area contributed by atoms with Crippen molar-refractivity contribution in [1.82, 2.24) is 5.32 Å². The lowest BCUT2D eigenvalue weighted by molar-refractivity contribution is 0.152. The monoisotopic (exact) mass is 324 g/mol. The van der Waals surface area contributed by atoms with Crippen LogP contribution in [0.3, 0.4) is 0 Å². The van der Waals surface area contributed by atoms with Gasteiger partial charge in [-0.1, -0.05) is 42.5 Å². The zero-order valence-electron chi connectivity index (χ0n) is 14.1. The molecule has 126 valence electrons. The van der Waals surface area contributed by atoms with Crippen molar-refractivity contribution in [3.05, 3.63) is 65.7 Å². The number of nitrogens with zero attached hydrogens (tertiary/aromatic N) is 1. The van der Waals surface area contributed by atoms with Crippen LogP contribution in [0.25, 0.3) is 0 Å². The normalized spacial score (nSPS) is 14.4. The topological polar surface area (TPSA) is 65.3 Å². The maximum absolute atomic E-state index is 10.3. The number of aliphatic hydroxyl groups excluding tert-OH is 1. The number of benzene rings is 2. The number of ether oxygens (including phenoxy) is 1. The molecular formula is C20H24N2O2. The van der Waals surface area contributed by atoms with E-state index in [1.165, 1.54) is 0 Å². The maximum Gasteiger partial charge on any atom is 0.174 e. The fourth-order valence-corrected chi connectivity index (χ4v) is 2.71. The van der Waals surface area contributed by atoms with E-state index >= 15 is 0 Å². The van der Waals surface area contributed by atoms with Gasteiger partial charge in [0.05, 0.1) is 6.10 Å². The minimum Gasteiger partial charge on any atom is -0.479 e. The first-order valence-corrected chi connectivity index (χ1v) is 8.19. The zero-order valence-corrected chi connectivity index (χ0v) is 14.1. The van der Waals surface area contributed by atoms with E-state index in [9.17, 15) is 5.11 Å². The second-order valence-electron chi connectivity index (χ2n) is 5.97. The lowest BCUT2D eigenvalue weighted by Crippen LogP contribution is -2.30. The Kier molecular flexibility index (Phi) is 6.80. The molecule has 0 saturated heterocycles. The average molecular weight is 324 g/mol. The summed E-state index contributed by atoms with van der Waals surface area (Å²) in [6, 6.07) is 19.7. The minimum atomic E-state index is -0.470. The molecule has 0 saturated carbocycles. The first-order valence-electron chi connectivity index (χ1n) is 8.19. The highest BCUT2D eigenvalue weighted by molar-refractivity contribution is 5.29. The molecule has 0 aliphatic heterocycles. The summed E-state index contributed by atoms with van der Waals surface area (Å²) in [5.74, 6) is 0.694. The van der Waals surface area contributed by atoms with E-state index in [-0.39, 0.29) is 18.7 Å². The molecule has 3 atom stereocenters. The zero-order chi connectivity index (χ0) is 17.4. The molecule has 0 aromatic heterocycles. The smallest absolute Gasteiger partial charge is 0.174 e. The van der Waals surface area contributed by atoms with Crippen molar-refractivity contribution < 1.29 is 9.84 Å². The highest BCUT2D eigenvalue weighted by atomic mass is 16.5. The number of hydrogen-bond donors (Lipinski definition) is 2. The molecule has 0 aliphatic carbocycles. The van der Waals surface area contributed by atoms with Crippen molar-refractivity contribution in [3.63, 3.8) is 0 Å². The van der Waals surface area contributed by atoms with Gasteiger partial charge in [-0.15, -0.1) is 0 Å². The van der Waals surface area contributed by atoms with E-state index in [1.54, 1.807) is 0 Å². The van der Waals surface area contributed by atoms with Gasteiger partial charge >= 0.3 is 0 Å². The standard InChI is InChI=1S/C20H24N2O2/c1-15(14-20(23)18-6-4-3-5-7-18)22-16(2)17-8-10-19(11-9-17)24-13-12-21/h3-11,15-16,20,22-23H,13-14H2,1-2H3. The van der Waals surface area contributed by atoms with Crippen molar-refractivity contribution in [1.29, 1.82) is 5.26 Å². The highest BCUT2D eigenvalue weighted by Crippen LogP contribution is 2.21. The summed E-state index contributed by atoms with van der Waals surface area (Å²) in [5, 5.41) is 22.3. The second-order valence-corrected chi connectivity index (χ2v) is 5.97. The largest absolute Gasteiger partial charge is 0.479 e. The lowest BCUT2D eigenvalue weighted by Gasteiger charge is -2.23. The molecule has 0 fully saturated rings. The van der Waals surface area contributed by atoms with Gasteiger partial charge in [0.25, 0.3) is 0 Å². The third kappa shape index (κ3) is 5.38. The molecular weight excluding hydrogens is 300 g/mol. The van der Waals surface area contributed by atoms with Crippen molar-refractivity contribution >= 4 is 0 Å². The third-order valence-electron chi connectivity index (χ3n) is 3.98. The Bertz CT molecular complexity index is 650. The highest BCUT2D eigenvalue weighted by Gasteiger charge is 2.15. The Morgan fingerprint density at radius 1 is 1.04 bits per heavy atom. The van der Waals surface area contributed by atoms with Gasteiger partial charge < -0.3 is 15.2 Å². The maximum atomic E-state index is 10.3. The number of nitrogens with one attached hydrogen (secondary N) is 1. The molecule has 0 spiro atoms. The summed E-state index contributed by atoms with van der Waals surface area (Å²) in [5.41, 5.74) is 2.08. The predicted molar refractivity (Wildman–Crippen MR) is 94.6 cm³/mol. The Morgan fingerprint density at radius 3 is 2.33 bits per heavy atom. The van der Waals surface area contributed by atoms with Crippen LogP contribution in [0, 0.1) is 11.3 Å². The Morgan fingerprint density at radius 2 is 1.71 bits per heavy atom. The van der Waals surface area contributed by atoms with Gasteiger partial charge in [-0.25, -0.2) is 0 Å². The van der Waals surface area contributed by atoms with Crippen LogP contribution in [0.5, 0.6) is 5.75 Å². The molecule has 2 N–H and O–H groups in total. The molecule has 0 amide bonds. The van der Waals surface area contributed by atoms with Gasteiger partial charge in [0, 0.05) is 12.1 Å². The summed E-state index contributed by atoms with van der Waals surface area (Å²) in [6.07, 6.45) is 0.181. The molecule has 3 unspecified atom stereocenters. The van der Waals surface area contributed by atoms with Crippen LogP contribution in [0.2, 0.25) is 0 Å². The van der Waals surface area contributed by atoms with E-state index in [4.69, 9.17) is 10.00 Å². The number of aliphatic hydroxyl groups is 1. The quantitative estimate of drug-likeness (QED) is 0.776. The molecule has 24 heavy (non-hydrogen) atoms. The van der Waals surface area contributed by atoms with Gasteiger partial charge in [-0.2, -0.15) is 5.26 Å². The lowest BCUT2D eigenvalue weighted by atomic mass is 10.0. The molecule has 2 aromatic carbocycles. The van der Waals surface area contributed by atoms with Crippen molar-refractivity contribution in [2.24, 2.45) is 0 Å². The molecule has 0 radical (unpaired) electrons. The molecule has 2 aromatic rings. The van der Waals surface area contributed by atoms with E-state index in [0.29, 0.717) is 12.2 Å². The predicted octanol–water partition coefficient (Wildman–Crippen LogP) is 3.75. The van der Waals surface area contributed by atoms with Crippen LogP contribution in [-0.2, 0) is 0 Å². The summed E-state index contributed by atoms with van der Waals surface area (Å²) < 4.78 is 5.26. The summed E-state index contributed by atoms with van der Waals surface area (Å²) >= 11 is 0. The first-order chi connectivity index (χ1) is 11.6. The van der Waals surface area contributed by atoms with Crippen LogP contribution >= 0.6 is 0 Å². The molecule has 4 heteroatoms. The average Bonchev–Trinajstić information content (AvgIpc) is 2.61. The van der Waals surface area contributed by atoms with E-state index < -0.39 is 6.10 Å². The fraction of sp³-hybridized carbons (Fsp3) is 0.350. The Labute approximate surface area is 143 Å². The van der Waals surface area contributed by atoms with E-state index in [0.717, 1.165) is 11.1 Å². The first kappa shape index (κ1) is 18.0. The van der Waals surface area contributed by atoms with Crippen LogP contribution in [0.1, 0.15) is 43.5 Å². The molecule has 0 bridgehead atoms. The van der Waals surface area contributed by atoms with E-state index in [1.807, 2.05) is 60.7 Å². The van der Waals surface area contributed by atoms with Gasteiger partial charge in [0.2, 0.25) is 0 Å². The van der Waals surface area contributed by atoms with Crippen LogP contribution in [-0.4, -0.2) is 17.8 Å². The second kappa shape index (κ2) is 9.07. The molecule has 0 aliphatic rings. The van der Waals surface area contributed by atoms with Gasteiger partial charge in [0.1, 0.15) is 11.8 Å². The van der Waals surface area contributed by atoms with Crippen LogP contribution in [0.15, 0.2) is 54.6 Å². The van der Waals surface area contributed by atoms with Gasteiger partial charge in [0.15, 0.2) is 6.61 Å². The van der Waals surface area contributed by atoms with Crippen molar-refractivity contribution in [3.8, 4) is 11.8 Å². The number of hydrogen-bond acceptors (Lipinski definition) is 4. The Balaban J connectivity index is 1.87. The minimum absolute atomic E-state index is 0.0571. The SMILES string of the molecule is CC(CC(O)c1ccccc1)NC(C)c1ccc(OCC#N)cc1. The van der Waals surface area contributed by atoms with Gasteiger partial charge in [-0.05, 0) is 43.5 Å². The molecule has 4 nitrogen and oxygen atoms in total. The van der Waals surface area contributed by atoms with Crippen LogP contribution in [0.4, 0.5) is 0 Å². The van der Waals surface area contributed by atoms with Crippen molar-refractivity contribution in [2.45, 2.75) is 38.5 Å². The molecule has 0 heterocycles. The summed E-state index contributed by atoms with van der Waals surface area (Å²) in [6.45, 7) is 4.23. The number of nitriles is 1. The van der Waals surface area contributed by atoms with Gasteiger partial charge in [-0.3, -0.25) is 0 Å². The fourth-order valence-electron chi connectivity index (χ4n) is 2.71. The number of rotatable bonds is 8. The third-order valence-corrected chi connectivity index (χ3v) is 3.98. The van der Waals surface area contributed by atoms with E-state index in [2.05, 4.69) is 19.2 Å². The van der Waals surface area contributed by atoms with Crippen molar-refractivity contribution in [2.75, 3.05) is 6.61 Å².